The van der Waals surface area contributed by atoms with E-state index in [1.54, 1.807) is 30.6 Å². The van der Waals surface area contributed by atoms with E-state index in [0.717, 1.165) is 30.3 Å². The van der Waals surface area contributed by atoms with Crippen LogP contribution in [-0.4, -0.2) is 27.8 Å². The predicted molar refractivity (Wildman–Crippen MR) is 127 cm³/mol. The van der Waals surface area contributed by atoms with E-state index in [9.17, 15) is 4.79 Å². The molecule has 0 aliphatic heterocycles. The molecule has 5 rings (SSSR count). The molecule has 1 fully saturated rings. The Morgan fingerprint density at radius 3 is 2.69 bits per heavy atom. The number of para-hydroxylation sites is 1. The van der Waals surface area contributed by atoms with Crippen molar-refractivity contribution in [3.63, 3.8) is 0 Å². The molecule has 0 bridgehead atoms. The van der Waals surface area contributed by atoms with Crippen molar-refractivity contribution in [2.45, 2.75) is 31.3 Å². The van der Waals surface area contributed by atoms with E-state index in [1.807, 2.05) is 36.4 Å². The maximum absolute atomic E-state index is 13.4. The molecular formula is C25H23ClN4O2. The number of hydrogen-bond acceptors (Lipinski definition) is 5. The van der Waals surface area contributed by atoms with Gasteiger partial charge in [-0.1, -0.05) is 29.8 Å². The molecule has 1 aliphatic carbocycles. The molecule has 32 heavy (non-hydrogen) atoms. The number of fused-ring (bicyclic) bond motifs is 1. The van der Waals surface area contributed by atoms with Crippen molar-refractivity contribution >= 4 is 34.1 Å². The molecule has 2 heterocycles. The summed E-state index contributed by atoms with van der Waals surface area (Å²) in [5, 5.41) is 4.65. The van der Waals surface area contributed by atoms with E-state index in [-0.39, 0.29) is 17.9 Å². The first-order valence-corrected chi connectivity index (χ1v) is 11.0. The van der Waals surface area contributed by atoms with Crippen molar-refractivity contribution in [1.29, 1.82) is 0 Å². The number of ether oxygens (including phenoxy) is 1. The minimum Gasteiger partial charge on any atom is -0.457 e. The van der Waals surface area contributed by atoms with Crippen LogP contribution >= 0.6 is 11.6 Å². The number of carbonyl (C=O) groups excluding carboxylic acids is 1. The molecule has 0 amide bonds. The zero-order valence-corrected chi connectivity index (χ0v) is 18.1. The van der Waals surface area contributed by atoms with Crippen LogP contribution in [0.15, 0.2) is 67.0 Å². The SMILES string of the molecule is N[C@@H]1CC[C@H](Nc2ccnc3[nH]cc(C(=O)c4ccc(Oc5ccccc5)cc4Cl)c23)C1. The number of nitrogens with two attached hydrogens (primary N) is 1. The summed E-state index contributed by atoms with van der Waals surface area (Å²) >= 11 is 6.50. The average Bonchev–Trinajstić information content (AvgIpc) is 3.41. The van der Waals surface area contributed by atoms with E-state index >= 15 is 0 Å². The van der Waals surface area contributed by atoms with Crippen molar-refractivity contribution in [1.82, 2.24) is 9.97 Å². The van der Waals surface area contributed by atoms with E-state index in [4.69, 9.17) is 22.1 Å². The van der Waals surface area contributed by atoms with E-state index < -0.39 is 0 Å². The van der Waals surface area contributed by atoms with E-state index in [2.05, 4.69) is 15.3 Å². The molecule has 2 atom stereocenters. The number of halogens is 1. The van der Waals surface area contributed by atoms with Gasteiger partial charge in [0.05, 0.1) is 16.0 Å². The molecule has 0 unspecified atom stereocenters. The van der Waals surface area contributed by atoms with Gasteiger partial charge in [0.2, 0.25) is 0 Å². The lowest BCUT2D eigenvalue weighted by molar-refractivity contribution is 0.104. The van der Waals surface area contributed by atoms with Gasteiger partial charge in [0.1, 0.15) is 17.1 Å². The summed E-state index contributed by atoms with van der Waals surface area (Å²) < 4.78 is 5.82. The van der Waals surface area contributed by atoms with Gasteiger partial charge in [-0.25, -0.2) is 4.98 Å². The summed E-state index contributed by atoms with van der Waals surface area (Å²) in [5.74, 6) is 1.10. The third-order valence-electron chi connectivity index (χ3n) is 5.82. The topological polar surface area (TPSA) is 93.0 Å². The number of anilines is 1. The number of rotatable bonds is 6. The summed E-state index contributed by atoms with van der Waals surface area (Å²) in [7, 11) is 0. The Morgan fingerprint density at radius 2 is 1.94 bits per heavy atom. The monoisotopic (exact) mass is 446 g/mol. The standard InChI is InChI=1S/C25H23ClN4O2/c26-21-13-18(32-17-4-2-1-3-5-17)8-9-19(21)24(31)20-14-29-25-23(20)22(10-11-28-25)30-16-7-6-15(27)12-16/h1-5,8-11,13-16H,6-7,12,27H2,(H2,28,29,30)/t15-,16+/m1/s1. The molecule has 7 heteroatoms. The third kappa shape index (κ3) is 4.07. The number of hydrogen-bond donors (Lipinski definition) is 3. The van der Waals surface area contributed by atoms with Crippen LogP contribution in [0, 0.1) is 0 Å². The highest BCUT2D eigenvalue weighted by Gasteiger charge is 2.24. The van der Waals surface area contributed by atoms with Crippen LogP contribution in [0.1, 0.15) is 35.2 Å². The lowest BCUT2D eigenvalue weighted by Crippen LogP contribution is -2.21. The van der Waals surface area contributed by atoms with Crippen molar-refractivity contribution in [2.75, 3.05) is 5.32 Å². The molecule has 2 aromatic heterocycles. The first-order chi connectivity index (χ1) is 15.6. The zero-order chi connectivity index (χ0) is 22.1. The maximum atomic E-state index is 13.4. The Hall–Kier alpha value is -3.35. The number of nitrogens with zero attached hydrogens (tertiary/aromatic N) is 1. The molecule has 4 N–H and O–H groups in total. The molecular weight excluding hydrogens is 424 g/mol. The third-order valence-corrected chi connectivity index (χ3v) is 6.13. The van der Waals surface area contributed by atoms with Crippen LogP contribution in [0.4, 0.5) is 5.69 Å². The predicted octanol–water partition coefficient (Wildman–Crippen LogP) is 5.53. The molecule has 0 spiro atoms. The second-order valence-electron chi connectivity index (χ2n) is 8.08. The molecule has 1 saturated carbocycles. The Balaban J connectivity index is 1.44. The second kappa shape index (κ2) is 8.65. The minimum atomic E-state index is -0.174. The van der Waals surface area contributed by atoms with Crippen LogP contribution in [0.5, 0.6) is 11.5 Å². The molecule has 4 aromatic rings. The maximum Gasteiger partial charge on any atom is 0.196 e. The van der Waals surface area contributed by atoms with Gasteiger partial charge < -0.3 is 20.8 Å². The Kier molecular flexibility index (Phi) is 5.55. The summed E-state index contributed by atoms with van der Waals surface area (Å²) in [5.41, 5.74) is 8.53. The summed E-state index contributed by atoms with van der Waals surface area (Å²) in [6.07, 6.45) is 6.33. The van der Waals surface area contributed by atoms with Gasteiger partial charge in [-0.3, -0.25) is 4.79 Å². The summed E-state index contributed by atoms with van der Waals surface area (Å²) in [4.78, 5) is 20.9. The normalized spacial score (nSPS) is 18.1. The van der Waals surface area contributed by atoms with Crippen molar-refractivity contribution in [2.24, 2.45) is 5.73 Å². The van der Waals surface area contributed by atoms with Gasteiger partial charge in [0.25, 0.3) is 0 Å². The highest BCUT2D eigenvalue weighted by molar-refractivity contribution is 6.35. The van der Waals surface area contributed by atoms with Crippen LogP contribution in [-0.2, 0) is 0 Å². The largest absolute Gasteiger partial charge is 0.457 e. The highest BCUT2D eigenvalue weighted by atomic mass is 35.5. The lowest BCUT2D eigenvalue weighted by Gasteiger charge is -2.15. The van der Waals surface area contributed by atoms with Crippen molar-refractivity contribution in [3.8, 4) is 11.5 Å². The van der Waals surface area contributed by atoms with Crippen LogP contribution in [0.25, 0.3) is 11.0 Å². The van der Waals surface area contributed by atoms with Gasteiger partial charge in [-0.15, -0.1) is 0 Å². The van der Waals surface area contributed by atoms with Gasteiger partial charge in [0, 0.05) is 41.8 Å². The number of benzene rings is 2. The Morgan fingerprint density at radius 1 is 1.09 bits per heavy atom. The number of carbonyl (C=O) groups is 1. The molecule has 1 aliphatic rings. The number of ketones is 1. The molecule has 0 saturated heterocycles. The summed E-state index contributed by atoms with van der Waals surface area (Å²) in [6.45, 7) is 0. The fraction of sp³-hybridized carbons (Fsp3) is 0.200. The smallest absolute Gasteiger partial charge is 0.196 e. The molecule has 162 valence electrons. The number of H-pyrrole nitrogens is 1. The quantitative estimate of drug-likeness (QED) is 0.338. The number of aromatic amines is 1. The molecule has 0 radical (unpaired) electrons. The lowest BCUT2D eigenvalue weighted by atomic mass is 10.0. The highest BCUT2D eigenvalue weighted by Crippen LogP contribution is 2.33. The van der Waals surface area contributed by atoms with Crippen LogP contribution in [0.2, 0.25) is 5.02 Å². The van der Waals surface area contributed by atoms with Crippen molar-refractivity contribution < 1.29 is 9.53 Å². The van der Waals surface area contributed by atoms with Crippen LogP contribution in [0.3, 0.4) is 0 Å². The first kappa shape index (κ1) is 20.5. The van der Waals surface area contributed by atoms with E-state index in [1.165, 1.54) is 0 Å². The fourth-order valence-corrected chi connectivity index (χ4v) is 4.49. The summed E-state index contributed by atoms with van der Waals surface area (Å²) in [6, 6.07) is 16.9. The average molecular weight is 447 g/mol. The fourth-order valence-electron chi connectivity index (χ4n) is 4.24. The van der Waals surface area contributed by atoms with Gasteiger partial charge in [-0.05, 0) is 49.6 Å². The molecule has 6 nitrogen and oxygen atoms in total. The van der Waals surface area contributed by atoms with Gasteiger partial charge in [0.15, 0.2) is 5.78 Å². The minimum absolute atomic E-state index is 0.174. The van der Waals surface area contributed by atoms with Gasteiger partial charge >= 0.3 is 0 Å². The number of pyridine rings is 1. The number of nitrogens with one attached hydrogen (secondary N) is 2. The van der Waals surface area contributed by atoms with Crippen molar-refractivity contribution in [3.05, 3.63) is 83.1 Å². The Labute approximate surface area is 190 Å². The van der Waals surface area contributed by atoms with Gasteiger partial charge in [-0.2, -0.15) is 0 Å². The number of aromatic nitrogens is 2. The van der Waals surface area contributed by atoms with E-state index in [0.29, 0.717) is 33.3 Å². The zero-order valence-electron chi connectivity index (χ0n) is 17.3. The second-order valence-corrected chi connectivity index (χ2v) is 8.49. The Bertz CT molecular complexity index is 1270. The van der Waals surface area contributed by atoms with Crippen LogP contribution < -0.4 is 15.8 Å². The first-order valence-electron chi connectivity index (χ1n) is 10.6. The molecule has 2 aromatic carbocycles.